The first-order chi connectivity index (χ1) is 8.64. The van der Waals surface area contributed by atoms with Gasteiger partial charge in [-0.3, -0.25) is 0 Å². The SMILES string of the molecule is CC(C)(C)NC(=O)OC(C)(C)C1CCC(C#N)CC1. The molecule has 0 heterocycles. The van der Waals surface area contributed by atoms with Gasteiger partial charge in [-0.2, -0.15) is 5.26 Å². The lowest BCUT2D eigenvalue weighted by Crippen LogP contribution is -2.47. The van der Waals surface area contributed by atoms with Crippen LogP contribution < -0.4 is 5.32 Å². The summed E-state index contributed by atoms with van der Waals surface area (Å²) in [6.45, 7) is 9.72. The fourth-order valence-corrected chi connectivity index (χ4v) is 2.57. The van der Waals surface area contributed by atoms with Gasteiger partial charge < -0.3 is 10.1 Å². The number of nitriles is 1. The largest absolute Gasteiger partial charge is 0.443 e. The van der Waals surface area contributed by atoms with Gasteiger partial charge in [-0.1, -0.05) is 0 Å². The van der Waals surface area contributed by atoms with E-state index in [9.17, 15) is 4.79 Å². The van der Waals surface area contributed by atoms with Gasteiger partial charge in [0, 0.05) is 11.5 Å². The fourth-order valence-electron chi connectivity index (χ4n) is 2.57. The lowest BCUT2D eigenvalue weighted by molar-refractivity contribution is -0.0234. The molecule has 0 aromatic rings. The number of ether oxygens (including phenoxy) is 1. The summed E-state index contributed by atoms with van der Waals surface area (Å²) in [4.78, 5) is 11.9. The van der Waals surface area contributed by atoms with E-state index in [0.29, 0.717) is 5.92 Å². The van der Waals surface area contributed by atoms with E-state index in [-0.39, 0.29) is 17.6 Å². The van der Waals surface area contributed by atoms with Crippen molar-refractivity contribution in [3.05, 3.63) is 0 Å². The second-order valence-corrected chi connectivity index (χ2v) is 7.05. The molecular formula is C15H26N2O2. The number of hydrogen-bond donors (Lipinski definition) is 1. The number of rotatable bonds is 2. The Morgan fingerprint density at radius 3 is 2.11 bits per heavy atom. The molecule has 1 rings (SSSR count). The van der Waals surface area contributed by atoms with Crippen LogP contribution in [0, 0.1) is 23.2 Å². The summed E-state index contributed by atoms with van der Waals surface area (Å²) < 4.78 is 5.59. The highest BCUT2D eigenvalue weighted by Crippen LogP contribution is 2.37. The predicted octanol–water partition coefficient (Wildman–Crippen LogP) is 3.62. The van der Waals surface area contributed by atoms with Gasteiger partial charge in [-0.25, -0.2) is 4.79 Å². The van der Waals surface area contributed by atoms with Crippen LogP contribution in [0.5, 0.6) is 0 Å². The van der Waals surface area contributed by atoms with Gasteiger partial charge in [0.25, 0.3) is 0 Å². The molecule has 1 amide bonds. The molecule has 19 heavy (non-hydrogen) atoms. The molecule has 1 aliphatic rings. The van der Waals surface area contributed by atoms with E-state index >= 15 is 0 Å². The molecule has 4 heteroatoms. The monoisotopic (exact) mass is 266 g/mol. The summed E-state index contributed by atoms with van der Waals surface area (Å²) >= 11 is 0. The van der Waals surface area contributed by atoms with E-state index in [0.717, 1.165) is 25.7 Å². The lowest BCUT2D eigenvalue weighted by Gasteiger charge is -2.38. The van der Waals surface area contributed by atoms with Gasteiger partial charge in [-0.05, 0) is 66.2 Å². The summed E-state index contributed by atoms with van der Waals surface area (Å²) in [5.74, 6) is 0.512. The lowest BCUT2D eigenvalue weighted by atomic mass is 9.75. The third-order valence-electron chi connectivity index (χ3n) is 3.73. The molecule has 0 spiro atoms. The number of amides is 1. The van der Waals surface area contributed by atoms with Gasteiger partial charge in [0.05, 0.1) is 6.07 Å². The molecule has 1 fully saturated rings. The van der Waals surface area contributed by atoms with Crippen molar-refractivity contribution in [2.45, 2.75) is 71.4 Å². The van der Waals surface area contributed by atoms with Crippen LogP contribution in [0.1, 0.15) is 60.3 Å². The average Bonchev–Trinajstić information content (AvgIpc) is 2.25. The second kappa shape index (κ2) is 5.81. The van der Waals surface area contributed by atoms with Crippen molar-refractivity contribution in [2.75, 3.05) is 0 Å². The molecule has 0 bridgehead atoms. The fraction of sp³-hybridized carbons (Fsp3) is 0.867. The zero-order valence-electron chi connectivity index (χ0n) is 12.7. The zero-order valence-corrected chi connectivity index (χ0v) is 12.7. The molecule has 0 unspecified atom stereocenters. The van der Waals surface area contributed by atoms with Crippen LogP contribution in [0.3, 0.4) is 0 Å². The van der Waals surface area contributed by atoms with Crippen molar-refractivity contribution < 1.29 is 9.53 Å². The topological polar surface area (TPSA) is 62.1 Å². The van der Waals surface area contributed by atoms with Crippen molar-refractivity contribution in [1.82, 2.24) is 5.32 Å². The summed E-state index contributed by atoms with van der Waals surface area (Å²) in [5, 5.41) is 11.7. The molecule has 0 saturated heterocycles. The molecule has 0 aromatic heterocycles. The van der Waals surface area contributed by atoms with Gasteiger partial charge in [-0.15, -0.1) is 0 Å². The Kier molecular flexibility index (Phi) is 4.84. The molecule has 1 saturated carbocycles. The van der Waals surface area contributed by atoms with E-state index in [4.69, 9.17) is 10.00 Å². The molecular weight excluding hydrogens is 240 g/mol. The first-order valence-electron chi connectivity index (χ1n) is 7.05. The third-order valence-corrected chi connectivity index (χ3v) is 3.73. The average molecular weight is 266 g/mol. The van der Waals surface area contributed by atoms with E-state index in [2.05, 4.69) is 11.4 Å². The van der Waals surface area contributed by atoms with Crippen molar-refractivity contribution >= 4 is 6.09 Å². The van der Waals surface area contributed by atoms with E-state index in [1.54, 1.807) is 0 Å². The van der Waals surface area contributed by atoms with Gasteiger partial charge >= 0.3 is 6.09 Å². The number of carbonyl (C=O) groups excluding carboxylic acids is 1. The minimum absolute atomic E-state index is 0.176. The first kappa shape index (κ1) is 15.8. The Morgan fingerprint density at radius 2 is 1.68 bits per heavy atom. The van der Waals surface area contributed by atoms with Crippen molar-refractivity contribution in [2.24, 2.45) is 11.8 Å². The Morgan fingerprint density at radius 1 is 1.16 bits per heavy atom. The van der Waals surface area contributed by atoms with Gasteiger partial charge in [0.2, 0.25) is 0 Å². The van der Waals surface area contributed by atoms with Crippen molar-refractivity contribution in [3.8, 4) is 6.07 Å². The Labute approximate surface area is 116 Å². The van der Waals surface area contributed by atoms with Crippen molar-refractivity contribution in [1.29, 1.82) is 5.26 Å². The number of hydrogen-bond acceptors (Lipinski definition) is 3. The second-order valence-electron chi connectivity index (χ2n) is 7.05. The first-order valence-corrected chi connectivity index (χ1v) is 7.05. The van der Waals surface area contributed by atoms with Crippen LogP contribution in [0.25, 0.3) is 0 Å². The highest BCUT2D eigenvalue weighted by atomic mass is 16.6. The number of carbonyl (C=O) groups is 1. The summed E-state index contributed by atoms with van der Waals surface area (Å²) in [6.07, 6.45) is 3.37. The molecule has 108 valence electrons. The minimum atomic E-state index is -0.476. The van der Waals surface area contributed by atoms with Crippen LogP contribution in [0.2, 0.25) is 0 Å². The van der Waals surface area contributed by atoms with Crippen LogP contribution in [-0.4, -0.2) is 17.2 Å². The molecule has 0 aliphatic heterocycles. The molecule has 1 N–H and O–H groups in total. The maximum absolute atomic E-state index is 11.9. The van der Waals surface area contributed by atoms with E-state index in [1.807, 2.05) is 34.6 Å². The molecule has 4 nitrogen and oxygen atoms in total. The van der Waals surface area contributed by atoms with Crippen LogP contribution in [0.15, 0.2) is 0 Å². The van der Waals surface area contributed by atoms with Crippen LogP contribution >= 0.6 is 0 Å². The molecule has 1 aliphatic carbocycles. The van der Waals surface area contributed by atoms with Crippen LogP contribution in [-0.2, 0) is 4.74 Å². The maximum atomic E-state index is 11.9. The number of nitrogens with one attached hydrogen (secondary N) is 1. The molecule has 0 atom stereocenters. The molecule has 0 radical (unpaired) electrons. The zero-order chi connectivity index (χ0) is 14.7. The van der Waals surface area contributed by atoms with E-state index < -0.39 is 5.60 Å². The van der Waals surface area contributed by atoms with Crippen molar-refractivity contribution in [3.63, 3.8) is 0 Å². The minimum Gasteiger partial charge on any atom is -0.443 e. The predicted molar refractivity (Wildman–Crippen MR) is 74.5 cm³/mol. The quantitative estimate of drug-likeness (QED) is 0.830. The normalized spacial score (nSPS) is 24.4. The smallest absolute Gasteiger partial charge is 0.408 e. The van der Waals surface area contributed by atoms with Gasteiger partial charge in [0.1, 0.15) is 5.60 Å². The summed E-state index contributed by atoms with van der Waals surface area (Å²) in [6, 6.07) is 2.33. The highest BCUT2D eigenvalue weighted by Gasteiger charge is 2.36. The Balaban J connectivity index is 2.52. The molecule has 0 aromatic carbocycles. The summed E-state index contributed by atoms with van der Waals surface area (Å²) in [7, 11) is 0. The highest BCUT2D eigenvalue weighted by molar-refractivity contribution is 5.68. The number of nitrogens with zero attached hydrogens (tertiary/aromatic N) is 1. The maximum Gasteiger partial charge on any atom is 0.408 e. The Hall–Kier alpha value is -1.24. The number of alkyl carbamates (subject to hydrolysis) is 1. The third kappa shape index (κ3) is 5.10. The van der Waals surface area contributed by atoms with E-state index in [1.165, 1.54) is 0 Å². The van der Waals surface area contributed by atoms with Gasteiger partial charge in [0.15, 0.2) is 0 Å². The van der Waals surface area contributed by atoms with Crippen LogP contribution in [0.4, 0.5) is 4.79 Å². The summed E-state index contributed by atoms with van der Waals surface area (Å²) in [5.41, 5.74) is -0.763. The standard InChI is InChI=1S/C15H26N2O2/c1-14(2,3)17-13(18)19-15(4,5)12-8-6-11(10-16)7-9-12/h11-12H,6-9H2,1-5H3,(H,17,18). The Bertz CT molecular complexity index is 355.